The standard InChI is InChI=1S/C14H19N3/c1-11-12(8-14(9-15)17(11)2)10-16-13-6-4-3-5-7-13/h3-4,8,13,16H,5-7,10H2,1-2H3. The zero-order valence-electron chi connectivity index (χ0n) is 10.5. The Kier molecular flexibility index (Phi) is 3.65. The molecule has 0 bridgehead atoms. The smallest absolute Gasteiger partial charge is 0.120 e. The fourth-order valence-electron chi connectivity index (χ4n) is 2.28. The monoisotopic (exact) mass is 229 g/mol. The van der Waals surface area contributed by atoms with Gasteiger partial charge in [0.05, 0.1) is 0 Å². The molecular weight excluding hydrogens is 210 g/mol. The Balaban J connectivity index is 1.99. The lowest BCUT2D eigenvalue weighted by molar-refractivity contribution is 0.473. The number of aromatic nitrogens is 1. The van der Waals surface area contributed by atoms with Crippen LogP contribution in [0, 0.1) is 18.3 Å². The Morgan fingerprint density at radius 3 is 2.94 bits per heavy atom. The van der Waals surface area contributed by atoms with Gasteiger partial charge in [-0.15, -0.1) is 0 Å². The molecule has 90 valence electrons. The highest BCUT2D eigenvalue weighted by atomic mass is 15.0. The van der Waals surface area contributed by atoms with Gasteiger partial charge in [-0.05, 0) is 37.8 Å². The largest absolute Gasteiger partial charge is 0.340 e. The van der Waals surface area contributed by atoms with E-state index in [9.17, 15) is 0 Å². The summed E-state index contributed by atoms with van der Waals surface area (Å²) < 4.78 is 1.96. The molecule has 3 heteroatoms. The zero-order chi connectivity index (χ0) is 12.3. The maximum absolute atomic E-state index is 8.97. The first-order valence-electron chi connectivity index (χ1n) is 6.16. The van der Waals surface area contributed by atoms with Crippen molar-refractivity contribution in [2.24, 2.45) is 7.05 Å². The Bertz CT molecular complexity index is 463. The van der Waals surface area contributed by atoms with Crippen LogP contribution in [0.1, 0.15) is 36.2 Å². The van der Waals surface area contributed by atoms with Crippen LogP contribution in [-0.2, 0) is 13.6 Å². The first-order chi connectivity index (χ1) is 8.22. The molecule has 0 saturated carbocycles. The van der Waals surface area contributed by atoms with Crippen LogP contribution in [0.25, 0.3) is 0 Å². The minimum absolute atomic E-state index is 0.588. The van der Waals surface area contributed by atoms with Crippen molar-refractivity contribution in [3.63, 3.8) is 0 Å². The maximum atomic E-state index is 8.97. The lowest BCUT2D eigenvalue weighted by Crippen LogP contribution is -2.29. The minimum atomic E-state index is 0.588. The van der Waals surface area contributed by atoms with E-state index in [-0.39, 0.29) is 0 Å². The van der Waals surface area contributed by atoms with Crippen molar-refractivity contribution in [3.05, 3.63) is 35.2 Å². The molecule has 1 unspecified atom stereocenters. The van der Waals surface area contributed by atoms with Gasteiger partial charge in [-0.2, -0.15) is 5.26 Å². The summed E-state index contributed by atoms with van der Waals surface area (Å²) in [5, 5.41) is 12.5. The van der Waals surface area contributed by atoms with Crippen LogP contribution in [0.2, 0.25) is 0 Å². The van der Waals surface area contributed by atoms with E-state index in [1.807, 2.05) is 17.7 Å². The van der Waals surface area contributed by atoms with Crippen LogP contribution in [0.4, 0.5) is 0 Å². The molecule has 1 aliphatic rings. The summed E-state index contributed by atoms with van der Waals surface area (Å²) in [6, 6.07) is 4.79. The maximum Gasteiger partial charge on any atom is 0.120 e. The van der Waals surface area contributed by atoms with Gasteiger partial charge in [0, 0.05) is 25.3 Å². The molecule has 1 aromatic heterocycles. The highest BCUT2D eigenvalue weighted by Crippen LogP contribution is 2.15. The molecule has 1 aliphatic carbocycles. The third-order valence-electron chi connectivity index (χ3n) is 3.60. The fraction of sp³-hybridized carbons (Fsp3) is 0.500. The molecule has 0 saturated heterocycles. The van der Waals surface area contributed by atoms with E-state index in [0.29, 0.717) is 6.04 Å². The van der Waals surface area contributed by atoms with Crippen LogP contribution in [0.3, 0.4) is 0 Å². The molecule has 0 aliphatic heterocycles. The topological polar surface area (TPSA) is 40.8 Å². The van der Waals surface area contributed by atoms with Crippen molar-refractivity contribution in [2.45, 2.75) is 38.8 Å². The lowest BCUT2D eigenvalue weighted by atomic mass is 10.0. The molecule has 1 atom stereocenters. The summed E-state index contributed by atoms with van der Waals surface area (Å²) in [6.45, 7) is 2.93. The SMILES string of the molecule is Cc1c(CNC2CC=CCC2)cc(C#N)n1C. The number of allylic oxidation sites excluding steroid dienone is 1. The van der Waals surface area contributed by atoms with Crippen molar-refractivity contribution in [2.75, 3.05) is 0 Å². The second-order valence-corrected chi connectivity index (χ2v) is 4.67. The van der Waals surface area contributed by atoms with Gasteiger partial charge in [0.15, 0.2) is 0 Å². The number of hydrogen-bond donors (Lipinski definition) is 1. The van der Waals surface area contributed by atoms with Gasteiger partial charge < -0.3 is 9.88 Å². The van der Waals surface area contributed by atoms with Gasteiger partial charge in [0.2, 0.25) is 0 Å². The Morgan fingerprint density at radius 1 is 1.53 bits per heavy atom. The Labute approximate surface area is 103 Å². The lowest BCUT2D eigenvalue weighted by Gasteiger charge is -2.19. The van der Waals surface area contributed by atoms with Crippen LogP contribution in [0.5, 0.6) is 0 Å². The second kappa shape index (κ2) is 5.20. The molecule has 3 nitrogen and oxygen atoms in total. The zero-order valence-corrected chi connectivity index (χ0v) is 10.5. The van der Waals surface area contributed by atoms with Crippen molar-refractivity contribution in [3.8, 4) is 6.07 Å². The molecule has 0 aromatic carbocycles. The van der Waals surface area contributed by atoms with Gasteiger partial charge in [0.1, 0.15) is 11.8 Å². The molecule has 1 aromatic rings. The summed E-state index contributed by atoms with van der Waals surface area (Å²) in [6.07, 6.45) is 8.01. The average molecular weight is 229 g/mol. The van der Waals surface area contributed by atoms with E-state index in [1.54, 1.807) is 0 Å². The summed E-state index contributed by atoms with van der Waals surface area (Å²) in [4.78, 5) is 0. The predicted octanol–water partition coefficient (Wildman–Crippen LogP) is 2.40. The third-order valence-corrected chi connectivity index (χ3v) is 3.60. The second-order valence-electron chi connectivity index (χ2n) is 4.67. The summed E-state index contributed by atoms with van der Waals surface area (Å²) in [5.41, 5.74) is 3.15. The first kappa shape index (κ1) is 11.9. The fourth-order valence-corrected chi connectivity index (χ4v) is 2.28. The van der Waals surface area contributed by atoms with Crippen LogP contribution in [0.15, 0.2) is 18.2 Å². The number of hydrogen-bond acceptors (Lipinski definition) is 2. The van der Waals surface area contributed by atoms with E-state index in [2.05, 4.69) is 30.5 Å². The molecule has 2 rings (SSSR count). The van der Waals surface area contributed by atoms with Crippen LogP contribution >= 0.6 is 0 Å². The van der Waals surface area contributed by atoms with Crippen molar-refractivity contribution in [1.29, 1.82) is 5.26 Å². The molecule has 0 radical (unpaired) electrons. The van der Waals surface area contributed by atoms with Gasteiger partial charge >= 0.3 is 0 Å². The highest BCUT2D eigenvalue weighted by molar-refractivity contribution is 5.34. The van der Waals surface area contributed by atoms with Gasteiger partial charge in [-0.25, -0.2) is 0 Å². The highest BCUT2D eigenvalue weighted by Gasteiger charge is 2.12. The number of nitrogens with zero attached hydrogens (tertiary/aromatic N) is 2. The van der Waals surface area contributed by atoms with Crippen molar-refractivity contribution >= 4 is 0 Å². The molecule has 0 amide bonds. The number of rotatable bonds is 3. The summed E-state index contributed by atoms with van der Waals surface area (Å²) in [5.74, 6) is 0. The van der Waals surface area contributed by atoms with Crippen LogP contribution < -0.4 is 5.32 Å². The molecule has 1 N–H and O–H groups in total. The van der Waals surface area contributed by atoms with E-state index in [0.717, 1.165) is 18.7 Å². The summed E-state index contributed by atoms with van der Waals surface area (Å²) >= 11 is 0. The molecule has 0 fully saturated rings. The van der Waals surface area contributed by atoms with E-state index < -0.39 is 0 Å². The number of nitrogens with one attached hydrogen (secondary N) is 1. The van der Waals surface area contributed by atoms with E-state index in [1.165, 1.54) is 24.1 Å². The normalized spacial score (nSPS) is 19.2. The van der Waals surface area contributed by atoms with E-state index in [4.69, 9.17) is 5.26 Å². The van der Waals surface area contributed by atoms with Crippen LogP contribution in [-0.4, -0.2) is 10.6 Å². The first-order valence-corrected chi connectivity index (χ1v) is 6.16. The third kappa shape index (κ3) is 2.59. The van der Waals surface area contributed by atoms with Crippen molar-refractivity contribution in [1.82, 2.24) is 9.88 Å². The van der Waals surface area contributed by atoms with Gasteiger partial charge in [0.25, 0.3) is 0 Å². The molecule has 0 spiro atoms. The molecule has 17 heavy (non-hydrogen) atoms. The Morgan fingerprint density at radius 2 is 2.35 bits per heavy atom. The van der Waals surface area contributed by atoms with Gasteiger partial charge in [-0.3, -0.25) is 0 Å². The predicted molar refractivity (Wildman–Crippen MR) is 68.5 cm³/mol. The minimum Gasteiger partial charge on any atom is -0.340 e. The average Bonchev–Trinajstić information content (AvgIpc) is 2.65. The molecule has 1 heterocycles. The summed E-state index contributed by atoms with van der Waals surface area (Å²) in [7, 11) is 1.95. The molecular formula is C14H19N3. The quantitative estimate of drug-likeness (QED) is 0.809. The number of nitriles is 1. The van der Waals surface area contributed by atoms with Crippen molar-refractivity contribution < 1.29 is 0 Å². The van der Waals surface area contributed by atoms with E-state index >= 15 is 0 Å². The van der Waals surface area contributed by atoms with Gasteiger partial charge in [-0.1, -0.05) is 12.2 Å². The Hall–Kier alpha value is -1.53.